The standard InChI is InChI=1S/C31H43NO4/c1-6-20(2)15-22(4)26-13-14-31(5)18-21(3)7-12-27(31)30(26)28(35)17-29(36)32-24(19-33)16-23-8-10-25(34)11-9-23/h6,8-11,15,17,19,21,24,26-27,30,34-35H,7,12-14,16,18H2,1-5H3,(H,32,36)/b20-6+,22-15+,28-17-/t21-,24+,26+,27+,30?,31-/m1/s1. The lowest BCUT2D eigenvalue weighted by molar-refractivity contribution is -0.120. The van der Waals surface area contributed by atoms with Crippen molar-refractivity contribution < 1.29 is 19.8 Å². The van der Waals surface area contributed by atoms with E-state index in [9.17, 15) is 19.8 Å². The first kappa shape index (κ1) is 27.8. The molecule has 0 radical (unpaired) electrons. The predicted octanol–water partition coefficient (Wildman–Crippen LogP) is 6.44. The van der Waals surface area contributed by atoms with Crippen LogP contribution >= 0.6 is 0 Å². The molecule has 2 fully saturated rings. The summed E-state index contributed by atoms with van der Waals surface area (Å²) in [6.07, 6.45) is 12.1. The van der Waals surface area contributed by atoms with Crippen molar-refractivity contribution in [1.82, 2.24) is 5.32 Å². The Balaban J connectivity index is 1.84. The van der Waals surface area contributed by atoms with Crippen LogP contribution in [0.2, 0.25) is 0 Å². The minimum absolute atomic E-state index is 0.116. The first-order valence-corrected chi connectivity index (χ1v) is 13.3. The fourth-order valence-electron chi connectivity index (χ4n) is 6.65. The number of benzene rings is 1. The average molecular weight is 494 g/mol. The van der Waals surface area contributed by atoms with Crippen molar-refractivity contribution in [2.45, 2.75) is 79.2 Å². The van der Waals surface area contributed by atoms with Gasteiger partial charge in [0.15, 0.2) is 0 Å². The van der Waals surface area contributed by atoms with Gasteiger partial charge in [0.1, 0.15) is 17.8 Å². The molecule has 3 rings (SSSR count). The van der Waals surface area contributed by atoms with Gasteiger partial charge in [-0.15, -0.1) is 0 Å². The SMILES string of the molecule is C/C=C(C)/C=C(\C)[C@@H]1CC[C@]2(C)C[C@H](C)CC[C@H]2C1/C(O)=C/C(=O)N[C@H](C=O)Cc1ccc(O)cc1. The van der Waals surface area contributed by atoms with Crippen molar-refractivity contribution in [3.05, 3.63) is 65.0 Å². The minimum atomic E-state index is -0.715. The summed E-state index contributed by atoms with van der Waals surface area (Å²) in [5.41, 5.74) is 3.42. The number of rotatable bonds is 8. The summed E-state index contributed by atoms with van der Waals surface area (Å²) in [7, 11) is 0. The zero-order valence-electron chi connectivity index (χ0n) is 22.5. The molecule has 6 atom stereocenters. The molecule has 196 valence electrons. The number of aliphatic hydroxyl groups excluding tert-OH is 1. The largest absolute Gasteiger partial charge is 0.512 e. The third-order valence-corrected chi connectivity index (χ3v) is 8.57. The zero-order chi connectivity index (χ0) is 26.5. The van der Waals surface area contributed by atoms with Crippen LogP contribution in [-0.2, 0) is 16.0 Å². The summed E-state index contributed by atoms with van der Waals surface area (Å²) >= 11 is 0. The number of nitrogens with one attached hydrogen (secondary N) is 1. The van der Waals surface area contributed by atoms with Crippen LogP contribution in [0.1, 0.15) is 72.3 Å². The number of carbonyl (C=O) groups is 2. The van der Waals surface area contributed by atoms with Crippen LogP contribution in [0.25, 0.3) is 0 Å². The highest BCUT2D eigenvalue weighted by atomic mass is 16.3. The summed E-state index contributed by atoms with van der Waals surface area (Å²) in [6, 6.07) is 5.85. The first-order valence-electron chi connectivity index (χ1n) is 13.3. The number of carbonyl (C=O) groups excluding carboxylic acids is 2. The van der Waals surface area contributed by atoms with Gasteiger partial charge in [-0.2, -0.15) is 0 Å². The van der Waals surface area contributed by atoms with Crippen molar-refractivity contribution in [3.63, 3.8) is 0 Å². The Bertz CT molecular complexity index is 1020. The Hall–Kier alpha value is -2.82. The number of fused-ring (bicyclic) bond motifs is 1. The fourth-order valence-corrected chi connectivity index (χ4v) is 6.65. The molecule has 0 saturated heterocycles. The van der Waals surface area contributed by atoms with Gasteiger partial charge in [0.25, 0.3) is 0 Å². The molecule has 36 heavy (non-hydrogen) atoms. The molecule has 2 aliphatic rings. The lowest BCUT2D eigenvalue weighted by Gasteiger charge is -2.54. The average Bonchev–Trinajstić information content (AvgIpc) is 2.83. The van der Waals surface area contributed by atoms with E-state index in [1.807, 2.05) is 6.92 Å². The van der Waals surface area contributed by atoms with Gasteiger partial charge in [-0.25, -0.2) is 0 Å². The molecule has 0 aromatic heterocycles. The number of aliphatic hydroxyl groups is 1. The third kappa shape index (κ3) is 6.68. The number of allylic oxidation sites excluding steroid dienone is 5. The molecule has 5 nitrogen and oxygen atoms in total. The molecule has 0 spiro atoms. The molecular weight excluding hydrogens is 450 g/mol. The molecule has 2 saturated carbocycles. The Morgan fingerprint density at radius 3 is 2.50 bits per heavy atom. The molecule has 1 aromatic rings. The third-order valence-electron chi connectivity index (χ3n) is 8.57. The van der Waals surface area contributed by atoms with E-state index in [0.717, 1.165) is 37.7 Å². The van der Waals surface area contributed by atoms with Gasteiger partial charge < -0.3 is 20.3 Å². The maximum absolute atomic E-state index is 12.9. The van der Waals surface area contributed by atoms with E-state index in [1.54, 1.807) is 24.3 Å². The molecule has 5 heteroatoms. The van der Waals surface area contributed by atoms with E-state index in [0.29, 0.717) is 24.5 Å². The number of amides is 1. The summed E-state index contributed by atoms with van der Waals surface area (Å²) < 4.78 is 0. The van der Waals surface area contributed by atoms with Crippen LogP contribution in [0.4, 0.5) is 0 Å². The normalized spacial score (nSPS) is 30.3. The lowest BCUT2D eigenvalue weighted by Crippen LogP contribution is -2.46. The van der Waals surface area contributed by atoms with Crippen molar-refractivity contribution in [2.24, 2.45) is 29.1 Å². The predicted molar refractivity (Wildman–Crippen MR) is 145 cm³/mol. The number of aromatic hydroxyl groups is 1. The van der Waals surface area contributed by atoms with Gasteiger partial charge in [0.05, 0.1) is 6.04 Å². The Kier molecular flexibility index (Phi) is 9.21. The van der Waals surface area contributed by atoms with E-state index in [-0.39, 0.29) is 28.8 Å². The monoisotopic (exact) mass is 493 g/mol. The van der Waals surface area contributed by atoms with Crippen LogP contribution in [0.15, 0.2) is 59.4 Å². The Morgan fingerprint density at radius 2 is 1.86 bits per heavy atom. The Labute approximate surface area is 216 Å². The minimum Gasteiger partial charge on any atom is -0.512 e. The highest BCUT2D eigenvalue weighted by molar-refractivity contribution is 5.90. The van der Waals surface area contributed by atoms with Gasteiger partial charge in [-0.05, 0) is 93.7 Å². The summed E-state index contributed by atoms with van der Waals surface area (Å²) in [6.45, 7) is 10.9. The van der Waals surface area contributed by atoms with Gasteiger partial charge in [-0.3, -0.25) is 4.79 Å². The first-order chi connectivity index (χ1) is 17.1. The van der Waals surface area contributed by atoms with Gasteiger partial charge >= 0.3 is 0 Å². The summed E-state index contributed by atoms with van der Waals surface area (Å²) in [5, 5.41) is 23.6. The number of hydrogen-bond donors (Lipinski definition) is 3. The van der Waals surface area contributed by atoms with E-state index < -0.39 is 11.9 Å². The van der Waals surface area contributed by atoms with Gasteiger partial charge in [0, 0.05) is 12.0 Å². The van der Waals surface area contributed by atoms with Crippen LogP contribution in [0.3, 0.4) is 0 Å². The number of aldehydes is 1. The molecule has 0 heterocycles. The van der Waals surface area contributed by atoms with E-state index in [2.05, 4.69) is 45.2 Å². The number of phenolic OH excluding ortho intramolecular Hbond substituents is 1. The van der Waals surface area contributed by atoms with E-state index in [1.165, 1.54) is 17.2 Å². The van der Waals surface area contributed by atoms with Crippen molar-refractivity contribution in [3.8, 4) is 5.75 Å². The van der Waals surface area contributed by atoms with E-state index >= 15 is 0 Å². The second kappa shape index (κ2) is 11.9. The second-order valence-electron chi connectivity index (χ2n) is 11.4. The van der Waals surface area contributed by atoms with Crippen molar-refractivity contribution >= 4 is 12.2 Å². The number of hydrogen-bond acceptors (Lipinski definition) is 4. The maximum Gasteiger partial charge on any atom is 0.247 e. The summed E-state index contributed by atoms with van der Waals surface area (Å²) in [4.78, 5) is 24.6. The van der Waals surface area contributed by atoms with E-state index in [4.69, 9.17) is 0 Å². The van der Waals surface area contributed by atoms with Crippen LogP contribution in [-0.4, -0.2) is 28.4 Å². The smallest absolute Gasteiger partial charge is 0.247 e. The molecule has 3 N–H and O–H groups in total. The second-order valence-corrected chi connectivity index (χ2v) is 11.4. The molecule has 1 unspecified atom stereocenters. The highest BCUT2D eigenvalue weighted by Crippen LogP contribution is 2.58. The van der Waals surface area contributed by atoms with Gasteiger partial charge in [-0.1, -0.05) is 55.7 Å². The molecule has 1 aromatic carbocycles. The highest BCUT2D eigenvalue weighted by Gasteiger charge is 2.50. The lowest BCUT2D eigenvalue weighted by atomic mass is 9.51. The Morgan fingerprint density at radius 1 is 1.17 bits per heavy atom. The zero-order valence-corrected chi connectivity index (χ0v) is 22.5. The van der Waals surface area contributed by atoms with Crippen LogP contribution < -0.4 is 5.32 Å². The van der Waals surface area contributed by atoms with Crippen LogP contribution in [0, 0.1) is 29.1 Å². The number of phenols is 1. The fraction of sp³-hybridized carbons (Fsp3) is 0.548. The molecule has 2 aliphatic carbocycles. The van der Waals surface area contributed by atoms with Gasteiger partial charge in [0.2, 0.25) is 5.91 Å². The molecule has 0 aliphatic heterocycles. The van der Waals surface area contributed by atoms with Crippen molar-refractivity contribution in [1.29, 1.82) is 0 Å². The van der Waals surface area contributed by atoms with Crippen LogP contribution in [0.5, 0.6) is 5.75 Å². The van der Waals surface area contributed by atoms with Crippen molar-refractivity contribution in [2.75, 3.05) is 0 Å². The molecule has 1 amide bonds. The topological polar surface area (TPSA) is 86.6 Å². The molecule has 0 bridgehead atoms. The quantitative estimate of drug-likeness (QED) is 0.168. The molecular formula is C31H43NO4. The maximum atomic E-state index is 12.9. The summed E-state index contributed by atoms with van der Waals surface area (Å²) in [5.74, 6) is 0.869.